The van der Waals surface area contributed by atoms with E-state index in [0.717, 1.165) is 28.6 Å². The fourth-order valence-electron chi connectivity index (χ4n) is 2.83. The Hall–Kier alpha value is -2.86. The molecular weight excluding hydrogens is 408 g/mol. The van der Waals surface area contributed by atoms with E-state index >= 15 is 0 Å². The van der Waals surface area contributed by atoms with Crippen molar-refractivity contribution in [2.24, 2.45) is 0 Å². The van der Waals surface area contributed by atoms with Crippen LogP contribution in [0.25, 0.3) is 22.6 Å². The normalized spacial score (nSPS) is 11.1. The van der Waals surface area contributed by atoms with Crippen molar-refractivity contribution in [3.8, 4) is 11.5 Å². The molecular formula is C21H17BrN2O3. The van der Waals surface area contributed by atoms with E-state index in [4.69, 9.17) is 8.83 Å². The number of aryl methyl sites for hydroxylation is 2. The Morgan fingerprint density at radius 1 is 1.11 bits per heavy atom. The minimum absolute atomic E-state index is 0.237. The number of furan rings is 1. The largest absolute Gasteiger partial charge is 0.444 e. The molecule has 4 aromatic rings. The number of halogens is 1. The van der Waals surface area contributed by atoms with Crippen molar-refractivity contribution in [3.63, 3.8) is 0 Å². The first-order valence-electron chi connectivity index (χ1n) is 8.60. The summed E-state index contributed by atoms with van der Waals surface area (Å²) < 4.78 is 11.7. The summed E-state index contributed by atoms with van der Waals surface area (Å²) in [5.74, 6) is 0.446. The van der Waals surface area contributed by atoms with E-state index in [2.05, 4.69) is 33.2 Å². The van der Waals surface area contributed by atoms with Crippen molar-refractivity contribution < 1.29 is 13.6 Å². The maximum Gasteiger partial charge on any atom is 0.291 e. The first-order valence-corrected chi connectivity index (χ1v) is 9.40. The van der Waals surface area contributed by atoms with E-state index in [1.54, 1.807) is 12.1 Å². The van der Waals surface area contributed by atoms with Crippen LogP contribution in [0.3, 0.4) is 0 Å². The zero-order chi connectivity index (χ0) is 19.0. The number of aromatic nitrogens is 1. The highest BCUT2D eigenvalue weighted by Gasteiger charge is 2.14. The third-order valence-corrected chi connectivity index (χ3v) is 4.82. The van der Waals surface area contributed by atoms with Gasteiger partial charge in [-0.05, 0) is 76.8 Å². The summed E-state index contributed by atoms with van der Waals surface area (Å²) in [4.78, 5) is 17.0. The summed E-state index contributed by atoms with van der Waals surface area (Å²) in [6, 6.07) is 15.0. The SMILES string of the molecule is CCc1ccc2oc(-c3ccc(C)c(NC(=O)c4ccc(Br)o4)c3)nc2c1. The zero-order valence-electron chi connectivity index (χ0n) is 14.9. The maximum atomic E-state index is 12.4. The van der Waals surface area contributed by atoms with Crippen molar-refractivity contribution in [2.45, 2.75) is 20.3 Å². The van der Waals surface area contributed by atoms with Gasteiger partial charge in [0, 0.05) is 11.3 Å². The molecule has 0 aliphatic rings. The van der Waals surface area contributed by atoms with Gasteiger partial charge in [-0.1, -0.05) is 19.1 Å². The van der Waals surface area contributed by atoms with Crippen LogP contribution in [-0.2, 0) is 6.42 Å². The molecule has 0 aliphatic carbocycles. The lowest BCUT2D eigenvalue weighted by Crippen LogP contribution is -2.11. The average molecular weight is 425 g/mol. The van der Waals surface area contributed by atoms with E-state index in [9.17, 15) is 4.79 Å². The van der Waals surface area contributed by atoms with Crippen LogP contribution in [0.2, 0.25) is 0 Å². The second-order valence-electron chi connectivity index (χ2n) is 6.26. The molecule has 136 valence electrons. The van der Waals surface area contributed by atoms with Crippen molar-refractivity contribution in [2.75, 3.05) is 5.32 Å². The van der Waals surface area contributed by atoms with Gasteiger partial charge < -0.3 is 14.2 Å². The first kappa shape index (κ1) is 17.5. The Kier molecular flexibility index (Phi) is 4.58. The molecule has 0 spiro atoms. The Morgan fingerprint density at radius 2 is 1.96 bits per heavy atom. The minimum atomic E-state index is -0.314. The lowest BCUT2D eigenvalue weighted by Gasteiger charge is -2.08. The monoisotopic (exact) mass is 424 g/mol. The van der Waals surface area contributed by atoms with Gasteiger partial charge in [-0.15, -0.1) is 0 Å². The molecule has 0 aliphatic heterocycles. The van der Waals surface area contributed by atoms with Crippen LogP contribution in [0.5, 0.6) is 0 Å². The van der Waals surface area contributed by atoms with Crippen LogP contribution in [0.1, 0.15) is 28.6 Å². The Bertz CT molecular complexity index is 1140. The first-order chi connectivity index (χ1) is 13.0. The molecule has 0 fully saturated rings. The molecule has 0 saturated heterocycles. The van der Waals surface area contributed by atoms with Crippen LogP contribution in [-0.4, -0.2) is 10.9 Å². The molecule has 4 rings (SSSR count). The van der Waals surface area contributed by atoms with Gasteiger partial charge in [0.25, 0.3) is 5.91 Å². The van der Waals surface area contributed by atoms with Gasteiger partial charge in [-0.25, -0.2) is 4.98 Å². The molecule has 2 heterocycles. The Morgan fingerprint density at radius 3 is 2.70 bits per heavy atom. The summed E-state index contributed by atoms with van der Waals surface area (Å²) >= 11 is 3.20. The van der Waals surface area contributed by atoms with Gasteiger partial charge in [0.05, 0.1) is 0 Å². The molecule has 1 amide bonds. The standard InChI is InChI=1S/C21H17BrN2O3/c1-3-13-5-7-17-16(10-13)24-21(27-17)14-6-4-12(2)15(11-14)23-20(25)18-8-9-19(22)26-18/h4-11H,3H2,1-2H3,(H,23,25). The second kappa shape index (κ2) is 7.04. The molecule has 1 N–H and O–H groups in total. The lowest BCUT2D eigenvalue weighted by molar-refractivity contribution is 0.0995. The summed E-state index contributed by atoms with van der Waals surface area (Å²) in [6.07, 6.45) is 0.946. The molecule has 5 nitrogen and oxygen atoms in total. The van der Waals surface area contributed by atoms with E-state index in [1.807, 2.05) is 43.3 Å². The summed E-state index contributed by atoms with van der Waals surface area (Å²) in [5.41, 5.74) is 5.20. The average Bonchev–Trinajstić information content (AvgIpc) is 3.29. The number of carbonyl (C=O) groups is 1. The second-order valence-corrected chi connectivity index (χ2v) is 7.04. The van der Waals surface area contributed by atoms with Crippen molar-refractivity contribution in [3.05, 3.63) is 70.1 Å². The predicted molar refractivity (Wildman–Crippen MR) is 108 cm³/mol. The Labute approximate surface area is 164 Å². The summed E-state index contributed by atoms with van der Waals surface area (Å²) in [6.45, 7) is 4.03. The minimum Gasteiger partial charge on any atom is -0.444 e. The van der Waals surface area contributed by atoms with Gasteiger partial charge in [0.15, 0.2) is 16.0 Å². The highest BCUT2D eigenvalue weighted by Crippen LogP contribution is 2.29. The van der Waals surface area contributed by atoms with Crippen LogP contribution in [0, 0.1) is 6.92 Å². The highest BCUT2D eigenvalue weighted by atomic mass is 79.9. The van der Waals surface area contributed by atoms with Gasteiger partial charge >= 0.3 is 0 Å². The number of fused-ring (bicyclic) bond motifs is 1. The smallest absolute Gasteiger partial charge is 0.291 e. The quantitative estimate of drug-likeness (QED) is 0.437. The van der Waals surface area contributed by atoms with Crippen LogP contribution in [0.4, 0.5) is 5.69 Å². The van der Waals surface area contributed by atoms with Crippen LogP contribution >= 0.6 is 15.9 Å². The maximum absolute atomic E-state index is 12.4. The lowest BCUT2D eigenvalue weighted by atomic mass is 10.1. The molecule has 0 unspecified atom stereocenters. The number of carbonyl (C=O) groups excluding carboxylic acids is 1. The zero-order valence-corrected chi connectivity index (χ0v) is 16.5. The topological polar surface area (TPSA) is 68.3 Å². The Balaban J connectivity index is 1.66. The van der Waals surface area contributed by atoms with E-state index in [0.29, 0.717) is 16.2 Å². The highest BCUT2D eigenvalue weighted by molar-refractivity contribution is 9.10. The van der Waals surface area contributed by atoms with Gasteiger partial charge in [-0.3, -0.25) is 4.79 Å². The summed E-state index contributed by atoms with van der Waals surface area (Å²) in [7, 11) is 0. The molecule has 27 heavy (non-hydrogen) atoms. The van der Waals surface area contributed by atoms with Crippen LogP contribution < -0.4 is 5.32 Å². The molecule has 0 atom stereocenters. The van der Waals surface area contributed by atoms with Gasteiger partial charge in [0.1, 0.15) is 5.52 Å². The third-order valence-electron chi connectivity index (χ3n) is 4.39. The number of hydrogen-bond donors (Lipinski definition) is 1. The fraction of sp³-hybridized carbons (Fsp3) is 0.143. The van der Waals surface area contributed by atoms with Gasteiger partial charge in [-0.2, -0.15) is 0 Å². The van der Waals surface area contributed by atoms with Crippen molar-refractivity contribution in [1.82, 2.24) is 4.98 Å². The molecule has 6 heteroatoms. The van der Waals surface area contributed by atoms with E-state index < -0.39 is 0 Å². The number of oxazole rings is 1. The molecule has 0 saturated carbocycles. The van der Waals surface area contributed by atoms with Crippen molar-refractivity contribution >= 4 is 38.6 Å². The third kappa shape index (κ3) is 3.53. The summed E-state index contributed by atoms with van der Waals surface area (Å²) in [5, 5.41) is 2.88. The molecule has 0 bridgehead atoms. The molecule has 2 aromatic heterocycles. The fourth-order valence-corrected chi connectivity index (χ4v) is 3.13. The van der Waals surface area contributed by atoms with Crippen LogP contribution in [0.15, 0.2) is 62.0 Å². The molecule has 0 radical (unpaired) electrons. The predicted octanol–water partition coefficient (Wildman–Crippen LogP) is 5.97. The number of nitrogens with zero attached hydrogens (tertiary/aromatic N) is 1. The number of anilines is 1. The number of nitrogens with one attached hydrogen (secondary N) is 1. The van der Waals surface area contributed by atoms with Gasteiger partial charge in [0.2, 0.25) is 5.89 Å². The number of rotatable bonds is 4. The van der Waals surface area contributed by atoms with Crippen molar-refractivity contribution in [1.29, 1.82) is 0 Å². The number of hydrogen-bond acceptors (Lipinski definition) is 4. The van der Waals surface area contributed by atoms with E-state index in [-0.39, 0.29) is 11.7 Å². The van der Waals surface area contributed by atoms with E-state index in [1.165, 1.54) is 5.56 Å². The number of amides is 1. The molecule has 2 aromatic carbocycles. The number of benzene rings is 2.